The Hall–Kier alpha value is -0.120. The topological polar surface area (TPSA) is 24.5 Å². The summed E-state index contributed by atoms with van der Waals surface area (Å²) in [6.45, 7) is 12.2. The molecule has 2 atom stereocenters. The maximum absolute atomic E-state index is 5.28. The van der Waals surface area contributed by atoms with Gasteiger partial charge in [0.05, 0.1) is 6.61 Å². The SMILES string of the molecule is CCC1(CC)CN(C(C)COC)C(C)CN1. The second-order valence-electron chi connectivity index (χ2n) is 5.19. The smallest absolute Gasteiger partial charge is 0.0615 e. The highest BCUT2D eigenvalue weighted by atomic mass is 16.5. The molecule has 1 fully saturated rings. The van der Waals surface area contributed by atoms with Crippen LogP contribution in [-0.2, 0) is 4.74 Å². The average molecular weight is 228 g/mol. The summed E-state index contributed by atoms with van der Waals surface area (Å²) in [4.78, 5) is 2.59. The summed E-state index contributed by atoms with van der Waals surface area (Å²) in [6, 6.07) is 1.12. The van der Waals surface area contributed by atoms with Crippen molar-refractivity contribution in [1.82, 2.24) is 10.2 Å². The third-order valence-corrected chi connectivity index (χ3v) is 4.15. The summed E-state index contributed by atoms with van der Waals surface area (Å²) in [5.74, 6) is 0. The molecule has 0 aromatic rings. The molecule has 96 valence electrons. The van der Waals surface area contributed by atoms with Crippen LogP contribution in [0.15, 0.2) is 0 Å². The Balaban J connectivity index is 2.67. The first kappa shape index (κ1) is 13.9. The lowest BCUT2D eigenvalue weighted by atomic mass is 9.88. The molecular formula is C13H28N2O. The summed E-state index contributed by atoms with van der Waals surface area (Å²) >= 11 is 0. The normalized spacial score (nSPS) is 27.9. The molecule has 0 aromatic heterocycles. The van der Waals surface area contributed by atoms with E-state index in [0.717, 1.165) is 19.7 Å². The quantitative estimate of drug-likeness (QED) is 0.777. The lowest BCUT2D eigenvalue weighted by Gasteiger charge is -2.48. The predicted octanol–water partition coefficient (Wildman–Crippen LogP) is 1.87. The van der Waals surface area contributed by atoms with E-state index in [1.54, 1.807) is 7.11 Å². The lowest BCUT2D eigenvalue weighted by Crippen LogP contribution is -2.65. The standard InChI is InChI=1S/C13H28N2O/c1-6-13(7-2)10-15(11(3)8-14-13)12(4)9-16-5/h11-12,14H,6-10H2,1-5H3. The third-order valence-electron chi connectivity index (χ3n) is 4.15. The minimum absolute atomic E-state index is 0.314. The number of methoxy groups -OCH3 is 1. The molecule has 1 aliphatic rings. The highest BCUT2D eigenvalue weighted by molar-refractivity contribution is 4.96. The van der Waals surface area contributed by atoms with Gasteiger partial charge in [0.15, 0.2) is 0 Å². The van der Waals surface area contributed by atoms with Gasteiger partial charge in [-0.05, 0) is 26.7 Å². The maximum atomic E-state index is 5.28. The van der Waals surface area contributed by atoms with Gasteiger partial charge in [0.2, 0.25) is 0 Å². The minimum Gasteiger partial charge on any atom is -0.383 e. The van der Waals surface area contributed by atoms with Crippen molar-refractivity contribution in [2.24, 2.45) is 0 Å². The van der Waals surface area contributed by atoms with Gasteiger partial charge in [-0.15, -0.1) is 0 Å². The fourth-order valence-corrected chi connectivity index (χ4v) is 2.69. The molecule has 16 heavy (non-hydrogen) atoms. The van der Waals surface area contributed by atoms with Crippen molar-refractivity contribution in [2.45, 2.75) is 58.2 Å². The number of hydrogen-bond donors (Lipinski definition) is 1. The number of nitrogens with one attached hydrogen (secondary N) is 1. The summed E-state index contributed by atoms with van der Waals surface area (Å²) < 4.78 is 5.28. The van der Waals surface area contributed by atoms with Gasteiger partial charge >= 0.3 is 0 Å². The molecule has 0 spiro atoms. The van der Waals surface area contributed by atoms with Gasteiger partial charge in [-0.25, -0.2) is 0 Å². The third kappa shape index (κ3) is 2.96. The zero-order valence-electron chi connectivity index (χ0n) is 11.5. The summed E-state index contributed by atoms with van der Waals surface area (Å²) in [5, 5.41) is 3.73. The second kappa shape index (κ2) is 5.99. The van der Waals surface area contributed by atoms with Crippen molar-refractivity contribution in [3.05, 3.63) is 0 Å². The first-order valence-electron chi connectivity index (χ1n) is 6.58. The summed E-state index contributed by atoms with van der Waals surface area (Å²) in [6.07, 6.45) is 2.40. The van der Waals surface area contributed by atoms with E-state index in [1.165, 1.54) is 12.8 Å². The van der Waals surface area contributed by atoms with Crippen molar-refractivity contribution >= 4 is 0 Å². The van der Waals surface area contributed by atoms with Crippen LogP contribution in [0.25, 0.3) is 0 Å². The van der Waals surface area contributed by atoms with Crippen LogP contribution in [0.1, 0.15) is 40.5 Å². The number of piperazine rings is 1. The van der Waals surface area contributed by atoms with E-state index < -0.39 is 0 Å². The fraction of sp³-hybridized carbons (Fsp3) is 1.00. The van der Waals surface area contributed by atoms with Crippen LogP contribution in [-0.4, -0.2) is 49.3 Å². The Morgan fingerprint density at radius 2 is 2.06 bits per heavy atom. The molecule has 1 N–H and O–H groups in total. The summed E-state index contributed by atoms with van der Waals surface area (Å²) in [5.41, 5.74) is 0.314. The van der Waals surface area contributed by atoms with Crippen LogP contribution >= 0.6 is 0 Å². The van der Waals surface area contributed by atoms with E-state index in [-0.39, 0.29) is 0 Å². The summed E-state index contributed by atoms with van der Waals surface area (Å²) in [7, 11) is 1.79. The van der Waals surface area contributed by atoms with Crippen molar-refractivity contribution in [2.75, 3.05) is 26.8 Å². The van der Waals surface area contributed by atoms with E-state index in [9.17, 15) is 0 Å². The molecule has 2 unspecified atom stereocenters. The van der Waals surface area contributed by atoms with Crippen molar-refractivity contribution < 1.29 is 4.74 Å². The zero-order valence-corrected chi connectivity index (χ0v) is 11.5. The van der Waals surface area contributed by atoms with Gasteiger partial charge in [-0.2, -0.15) is 0 Å². The molecular weight excluding hydrogens is 200 g/mol. The van der Waals surface area contributed by atoms with Crippen molar-refractivity contribution in [1.29, 1.82) is 0 Å². The van der Waals surface area contributed by atoms with Crippen LogP contribution in [0.3, 0.4) is 0 Å². The molecule has 0 amide bonds. The molecule has 3 nitrogen and oxygen atoms in total. The zero-order chi connectivity index (χ0) is 12.2. The minimum atomic E-state index is 0.314. The fourth-order valence-electron chi connectivity index (χ4n) is 2.69. The average Bonchev–Trinajstić information content (AvgIpc) is 2.30. The molecule has 0 saturated carbocycles. The predicted molar refractivity (Wildman–Crippen MR) is 68.8 cm³/mol. The Bertz CT molecular complexity index is 204. The van der Waals surface area contributed by atoms with E-state index in [1.807, 2.05) is 0 Å². The van der Waals surface area contributed by atoms with Gasteiger partial charge in [-0.1, -0.05) is 13.8 Å². The first-order valence-corrected chi connectivity index (χ1v) is 6.58. The van der Waals surface area contributed by atoms with Gasteiger partial charge < -0.3 is 10.1 Å². The van der Waals surface area contributed by atoms with Gasteiger partial charge in [-0.3, -0.25) is 4.90 Å². The molecule has 1 rings (SSSR count). The van der Waals surface area contributed by atoms with Gasteiger partial charge in [0.25, 0.3) is 0 Å². The van der Waals surface area contributed by atoms with Crippen LogP contribution < -0.4 is 5.32 Å². The number of ether oxygens (including phenoxy) is 1. The Morgan fingerprint density at radius 1 is 1.44 bits per heavy atom. The van der Waals surface area contributed by atoms with Gasteiger partial charge in [0.1, 0.15) is 0 Å². The van der Waals surface area contributed by atoms with Crippen LogP contribution in [0.5, 0.6) is 0 Å². The van der Waals surface area contributed by atoms with Crippen LogP contribution in [0.2, 0.25) is 0 Å². The molecule has 0 bridgehead atoms. The van der Waals surface area contributed by atoms with Crippen molar-refractivity contribution in [3.8, 4) is 0 Å². The molecule has 0 aliphatic carbocycles. The molecule has 0 aromatic carbocycles. The molecule has 1 aliphatic heterocycles. The Kier molecular flexibility index (Phi) is 5.22. The number of nitrogens with zero attached hydrogens (tertiary/aromatic N) is 1. The molecule has 0 radical (unpaired) electrons. The van der Waals surface area contributed by atoms with Crippen molar-refractivity contribution in [3.63, 3.8) is 0 Å². The first-order chi connectivity index (χ1) is 7.58. The Labute approximate surface area is 101 Å². The van der Waals surface area contributed by atoms with E-state index >= 15 is 0 Å². The maximum Gasteiger partial charge on any atom is 0.0615 e. The molecule has 1 heterocycles. The number of hydrogen-bond acceptors (Lipinski definition) is 3. The van der Waals surface area contributed by atoms with Crippen LogP contribution in [0, 0.1) is 0 Å². The largest absolute Gasteiger partial charge is 0.383 e. The van der Waals surface area contributed by atoms with Crippen LogP contribution in [0.4, 0.5) is 0 Å². The van der Waals surface area contributed by atoms with E-state index in [2.05, 4.69) is 37.9 Å². The lowest BCUT2D eigenvalue weighted by molar-refractivity contribution is 0.0178. The highest BCUT2D eigenvalue weighted by Crippen LogP contribution is 2.24. The Morgan fingerprint density at radius 3 is 2.56 bits per heavy atom. The second-order valence-corrected chi connectivity index (χ2v) is 5.19. The monoisotopic (exact) mass is 228 g/mol. The van der Waals surface area contributed by atoms with E-state index in [4.69, 9.17) is 4.74 Å². The van der Waals surface area contributed by atoms with E-state index in [0.29, 0.717) is 17.6 Å². The molecule has 1 saturated heterocycles. The van der Waals surface area contributed by atoms with Gasteiger partial charge in [0, 0.05) is 37.8 Å². The number of rotatable bonds is 5. The molecule has 3 heteroatoms. The highest BCUT2D eigenvalue weighted by Gasteiger charge is 2.36.